The molecule has 1 aliphatic rings. The Balaban J connectivity index is 1.94. The third kappa shape index (κ3) is 3.02. The third-order valence-corrected chi connectivity index (χ3v) is 6.26. The summed E-state index contributed by atoms with van der Waals surface area (Å²) in [7, 11) is 2.14. The van der Waals surface area contributed by atoms with Crippen LogP contribution >= 0.6 is 11.3 Å². The van der Waals surface area contributed by atoms with Crippen LogP contribution in [0.2, 0.25) is 0 Å². The van der Waals surface area contributed by atoms with E-state index in [0.717, 1.165) is 54.0 Å². The lowest BCUT2D eigenvalue weighted by molar-refractivity contribution is 0.219. The highest BCUT2D eigenvalue weighted by molar-refractivity contribution is 7.18. The number of hydrogen-bond acceptors (Lipinski definition) is 4. The van der Waals surface area contributed by atoms with Crippen molar-refractivity contribution in [3.05, 3.63) is 51.6 Å². The van der Waals surface area contributed by atoms with Crippen molar-refractivity contribution in [3.8, 4) is 11.4 Å². The predicted octanol–water partition coefficient (Wildman–Crippen LogP) is 3.95. The molecular formula is C20H23N3OS. The molecule has 0 aliphatic carbocycles. The maximum atomic E-state index is 13.3. The van der Waals surface area contributed by atoms with Crippen molar-refractivity contribution in [2.24, 2.45) is 0 Å². The highest BCUT2D eigenvalue weighted by Crippen LogP contribution is 2.30. The lowest BCUT2D eigenvalue weighted by Crippen LogP contribution is -2.36. The van der Waals surface area contributed by atoms with E-state index >= 15 is 0 Å². The molecule has 130 valence electrons. The van der Waals surface area contributed by atoms with Crippen LogP contribution in [-0.4, -0.2) is 34.6 Å². The zero-order chi connectivity index (χ0) is 17.4. The lowest BCUT2D eigenvalue weighted by Gasteiger charge is -2.31. The summed E-state index contributed by atoms with van der Waals surface area (Å²) in [6.45, 7) is 4.17. The topological polar surface area (TPSA) is 38.1 Å². The molecule has 1 aliphatic heterocycles. The molecule has 0 saturated carbocycles. The fraction of sp³-hybridized carbons (Fsp3) is 0.400. The normalized spacial score (nSPS) is 16.6. The molecule has 0 N–H and O–H groups in total. The van der Waals surface area contributed by atoms with Crippen molar-refractivity contribution in [3.63, 3.8) is 0 Å². The van der Waals surface area contributed by atoms with Crippen molar-refractivity contribution in [2.45, 2.75) is 32.2 Å². The van der Waals surface area contributed by atoms with Gasteiger partial charge in [-0.1, -0.05) is 37.3 Å². The first-order chi connectivity index (χ1) is 12.2. The number of nitrogens with zero attached hydrogens (tertiary/aromatic N) is 3. The van der Waals surface area contributed by atoms with Gasteiger partial charge in [0.25, 0.3) is 5.56 Å². The molecule has 4 rings (SSSR count). The molecule has 3 heterocycles. The molecule has 3 aromatic rings. The number of thiophene rings is 1. The summed E-state index contributed by atoms with van der Waals surface area (Å²) in [6.07, 6.45) is 2.93. The van der Waals surface area contributed by atoms with Gasteiger partial charge in [-0.2, -0.15) is 0 Å². The SMILES string of the molecule is CCc1cc2c(=O)n(C3CCN(C)CC3)c(-c3ccccc3)nc2s1. The Morgan fingerprint density at radius 2 is 1.92 bits per heavy atom. The highest BCUT2D eigenvalue weighted by Gasteiger charge is 2.24. The molecule has 2 aromatic heterocycles. The fourth-order valence-corrected chi connectivity index (χ4v) is 4.56. The van der Waals surface area contributed by atoms with Gasteiger partial charge in [0.15, 0.2) is 0 Å². The summed E-state index contributed by atoms with van der Waals surface area (Å²) < 4.78 is 1.97. The quantitative estimate of drug-likeness (QED) is 0.715. The molecule has 1 fully saturated rings. The van der Waals surface area contributed by atoms with Gasteiger partial charge >= 0.3 is 0 Å². The van der Waals surface area contributed by atoms with Gasteiger partial charge in [-0.15, -0.1) is 11.3 Å². The number of aromatic nitrogens is 2. The Morgan fingerprint density at radius 3 is 2.60 bits per heavy atom. The number of rotatable bonds is 3. The van der Waals surface area contributed by atoms with Crippen LogP contribution in [0.5, 0.6) is 0 Å². The number of likely N-dealkylation sites (tertiary alicyclic amines) is 1. The van der Waals surface area contributed by atoms with Crippen molar-refractivity contribution >= 4 is 21.6 Å². The van der Waals surface area contributed by atoms with Crippen LogP contribution < -0.4 is 5.56 Å². The van der Waals surface area contributed by atoms with Crippen LogP contribution in [0.1, 0.15) is 30.7 Å². The second-order valence-corrected chi connectivity index (χ2v) is 7.91. The van der Waals surface area contributed by atoms with Crippen molar-refractivity contribution in [1.29, 1.82) is 0 Å². The molecule has 25 heavy (non-hydrogen) atoms. The molecule has 4 nitrogen and oxygen atoms in total. The Bertz CT molecular complexity index is 937. The molecule has 0 radical (unpaired) electrons. The first-order valence-corrected chi connectivity index (χ1v) is 9.78. The van der Waals surface area contributed by atoms with Gasteiger partial charge in [-0.05, 0) is 45.5 Å². The zero-order valence-electron chi connectivity index (χ0n) is 14.7. The van der Waals surface area contributed by atoms with Crippen LogP contribution in [0.25, 0.3) is 21.6 Å². The summed E-state index contributed by atoms with van der Waals surface area (Å²) in [5.74, 6) is 0.817. The van der Waals surface area contributed by atoms with Gasteiger partial charge in [-0.25, -0.2) is 4.98 Å². The number of piperidine rings is 1. The van der Waals surface area contributed by atoms with Gasteiger partial charge in [-0.3, -0.25) is 9.36 Å². The van der Waals surface area contributed by atoms with E-state index in [9.17, 15) is 4.79 Å². The summed E-state index contributed by atoms with van der Waals surface area (Å²) in [5.41, 5.74) is 1.14. The monoisotopic (exact) mass is 353 g/mol. The van der Waals surface area contributed by atoms with Crippen molar-refractivity contribution in [2.75, 3.05) is 20.1 Å². The molecule has 0 atom stereocenters. The van der Waals surface area contributed by atoms with E-state index in [2.05, 4.69) is 18.9 Å². The molecule has 5 heteroatoms. The van der Waals surface area contributed by atoms with Crippen LogP contribution in [0.3, 0.4) is 0 Å². The summed E-state index contributed by atoms with van der Waals surface area (Å²) >= 11 is 1.64. The number of hydrogen-bond donors (Lipinski definition) is 0. The van der Waals surface area contributed by atoms with E-state index in [1.54, 1.807) is 11.3 Å². The van der Waals surface area contributed by atoms with Gasteiger partial charge in [0.2, 0.25) is 0 Å². The van der Waals surface area contributed by atoms with Crippen LogP contribution in [-0.2, 0) is 6.42 Å². The van der Waals surface area contributed by atoms with Crippen LogP contribution in [0, 0.1) is 0 Å². The summed E-state index contributed by atoms with van der Waals surface area (Å²) in [5, 5.41) is 0.778. The van der Waals surface area contributed by atoms with E-state index in [-0.39, 0.29) is 11.6 Å². The minimum atomic E-state index is 0.120. The Labute approximate surface area is 151 Å². The maximum absolute atomic E-state index is 13.3. The molecule has 0 bridgehead atoms. The van der Waals surface area contributed by atoms with E-state index in [4.69, 9.17) is 4.98 Å². The maximum Gasteiger partial charge on any atom is 0.262 e. The van der Waals surface area contributed by atoms with Gasteiger partial charge in [0, 0.05) is 16.5 Å². The summed E-state index contributed by atoms with van der Waals surface area (Å²) in [6, 6.07) is 12.4. The van der Waals surface area contributed by atoms with Crippen LogP contribution in [0.4, 0.5) is 0 Å². The molecule has 0 spiro atoms. The van der Waals surface area contributed by atoms with Crippen molar-refractivity contribution < 1.29 is 0 Å². The first-order valence-electron chi connectivity index (χ1n) is 8.96. The van der Waals surface area contributed by atoms with Gasteiger partial charge in [0.1, 0.15) is 10.7 Å². The Hall–Kier alpha value is -1.98. The average Bonchev–Trinajstić information content (AvgIpc) is 3.07. The predicted molar refractivity (Wildman–Crippen MR) is 104 cm³/mol. The largest absolute Gasteiger partial charge is 0.306 e. The standard InChI is InChI=1S/C20H23N3OS/c1-3-16-13-17-19(25-16)21-18(14-7-5-4-6-8-14)23(20(17)24)15-9-11-22(2)12-10-15/h4-8,13,15H,3,9-12H2,1-2H3. The minimum absolute atomic E-state index is 0.120. The second-order valence-electron chi connectivity index (χ2n) is 6.80. The molecular weight excluding hydrogens is 330 g/mol. The smallest absolute Gasteiger partial charge is 0.262 e. The molecule has 0 unspecified atom stereocenters. The lowest BCUT2D eigenvalue weighted by atomic mass is 10.0. The van der Waals surface area contributed by atoms with E-state index in [0.29, 0.717) is 0 Å². The summed E-state index contributed by atoms with van der Waals surface area (Å²) in [4.78, 5) is 22.7. The van der Waals surface area contributed by atoms with Gasteiger partial charge < -0.3 is 4.90 Å². The highest BCUT2D eigenvalue weighted by atomic mass is 32.1. The molecule has 1 aromatic carbocycles. The van der Waals surface area contributed by atoms with E-state index in [1.807, 2.05) is 41.0 Å². The van der Waals surface area contributed by atoms with E-state index < -0.39 is 0 Å². The van der Waals surface area contributed by atoms with Gasteiger partial charge in [0.05, 0.1) is 5.39 Å². The number of aryl methyl sites for hydroxylation is 1. The number of fused-ring (bicyclic) bond motifs is 1. The van der Waals surface area contributed by atoms with E-state index in [1.165, 1.54) is 4.88 Å². The minimum Gasteiger partial charge on any atom is -0.306 e. The van der Waals surface area contributed by atoms with Crippen molar-refractivity contribution in [1.82, 2.24) is 14.5 Å². The second kappa shape index (κ2) is 6.73. The fourth-order valence-electron chi connectivity index (χ4n) is 3.60. The number of benzene rings is 1. The third-order valence-electron chi connectivity index (χ3n) is 5.08. The Morgan fingerprint density at radius 1 is 1.20 bits per heavy atom. The van der Waals surface area contributed by atoms with Crippen LogP contribution in [0.15, 0.2) is 41.2 Å². The average molecular weight is 353 g/mol. The molecule has 1 saturated heterocycles. The zero-order valence-corrected chi connectivity index (χ0v) is 15.6. The molecule has 0 amide bonds. The first kappa shape index (κ1) is 16.5. The Kier molecular flexibility index (Phi) is 4.44.